The monoisotopic (exact) mass is 372 g/mol. The number of furan rings is 2. The van der Waals surface area contributed by atoms with E-state index >= 15 is 0 Å². The Bertz CT molecular complexity index is 996. The summed E-state index contributed by atoms with van der Waals surface area (Å²) in [4.78, 5) is 14.3. The quantitative estimate of drug-likeness (QED) is 0.564. The molecule has 1 aliphatic rings. The number of hydrogen-bond acceptors (Lipinski definition) is 3. The van der Waals surface area contributed by atoms with E-state index in [4.69, 9.17) is 10.2 Å². The molecule has 4 aromatic rings. The number of carbonyl (C=O) groups excluding carboxylic acids is 1. The van der Waals surface area contributed by atoms with Gasteiger partial charge in [0.1, 0.15) is 11.2 Å². The van der Waals surface area contributed by atoms with Crippen molar-refractivity contribution >= 4 is 22.8 Å². The van der Waals surface area contributed by atoms with Crippen LogP contribution in [-0.4, -0.2) is 19.5 Å². The number of primary amides is 1. The lowest BCUT2D eigenvalue weighted by Crippen LogP contribution is -2.34. The molecule has 0 aliphatic carbocycles. The Morgan fingerprint density at radius 3 is 2.14 bits per heavy atom. The van der Waals surface area contributed by atoms with Crippen LogP contribution in [0.3, 0.4) is 0 Å². The molecule has 0 radical (unpaired) electrons. The molecule has 2 aromatic heterocycles. The minimum atomic E-state index is -0.263. The number of amides is 1. The molecule has 1 amide bonds. The van der Waals surface area contributed by atoms with E-state index in [0.29, 0.717) is 0 Å². The van der Waals surface area contributed by atoms with Crippen LogP contribution in [0.2, 0.25) is 0 Å². The van der Waals surface area contributed by atoms with Gasteiger partial charge in [0, 0.05) is 25.2 Å². The highest BCUT2D eigenvalue weighted by Crippen LogP contribution is 2.42. The number of nitrogens with two attached hydrogens (primary N) is 1. The summed E-state index contributed by atoms with van der Waals surface area (Å²) in [5.41, 5.74) is 11.1. The molecule has 2 N–H and O–H groups in total. The van der Waals surface area contributed by atoms with Gasteiger partial charge in [-0.15, -0.1) is 0 Å². The molecule has 2 aromatic carbocycles. The summed E-state index contributed by atoms with van der Waals surface area (Å²) < 4.78 is 5.08. The fraction of sp³-hybridized carbons (Fsp3) is 0.208. The molecule has 0 fully saturated rings. The second kappa shape index (κ2) is 7.77. The summed E-state index contributed by atoms with van der Waals surface area (Å²) >= 11 is 0. The van der Waals surface area contributed by atoms with E-state index in [9.17, 15) is 4.79 Å². The van der Waals surface area contributed by atoms with Gasteiger partial charge in [0.05, 0.1) is 5.92 Å². The highest BCUT2D eigenvalue weighted by atomic mass is 16.3. The van der Waals surface area contributed by atoms with Crippen molar-refractivity contribution in [2.45, 2.75) is 18.3 Å². The minimum Gasteiger partial charge on any atom is -0.457 e. The smallest absolute Gasteiger partial charge is 0.225 e. The molecule has 0 spiro atoms. The number of rotatable bonds is 3. The fourth-order valence-electron chi connectivity index (χ4n) is 4.07. The molecule has 2 bridgehead atoms. The van der Waals surface area contributed by atoms with Crippen LogP contribution in [0.5, 0.6) is 0 Å². The Morgan fingerprint density at radius 1 is 0.964 bits per heavy atom. The van der Waals surface area contributed by atoms with E-state index in [1.54, 1.807) is 0 Å². The van der Waals surface area contributed by atoms with Crippen LogP contribution in [0.4, 0.5) is 5.69 Å². The van der Waals surface area contributed by atoms with E-state index in [-0.39, 0.29) is 17.7 Å². The molecule has 3 heterocycles. The molecule has 0 saturated carbocycles. The number of hydrogen-bond donors (Lipinski definition) is 1. The minimum absolute atomic E-state index is 0.150. The normalized spacial score (nSPS) is 16.9. The van der Waals surface area contributed by atoms with E-state index < -0.39 is 0 Å². The lowest BCUT2D eigenvalue weighted by Gasteiger charge is -2.36. The lowest BCUT2D eigenvalue weighted by atomic mass is 9.76. The zero-order valence-electron chi connectivity index (χ0n) is 15.9. The molecule has 0 saturated heterocycles. The first kappa shape index (κ1) is 18.1. The Labute approximate surface area is 164 Å². The summed E-state index contributed by atoms with van der Waals surface area (Å²) in [5.74, 6) is -0.357. The highest BCUT2D eigenvalue weighted by Gasteiger charge is 2.33. The zero-order valence-corrected chi connectivity index (χ0v) is 15.9. The van der Waals surface area contributed by atoms with Gasteiger partial charge in [0.15, 0.2) is 0 Å². The van der Waals surface area contributed by atoms with Gasteiger partial charge in [-0.1, -0.05) is 48.5 Å². The van der Waals surface area contributed by atoms with Gasteiger partial charge in [-0.2, -0.15) is 0 Å². The number of para-hydroxylation sites is 1. The Hall–Kier alpha value is -3.27. The molecule has 2 unspecified atom stereocenters. The van der Waals surface area contributed by atoms with Crippen molar-refractivity contribution in [1.82, 2.24) is 0 Å². The van der Waals surface area contributed by atoms with Gasteiger partial charge in [-0.25, -0.2) is 0 Å². The third-order valence-corrected chi connectivity index (χ3v) is 5.45. The maximum Gasteiger partial charge on any atom is 0.225 e. The van der Waals surface area contributed by atoms with Crippen molar-refractivity contribution in [3.05, 3.63) is 90.0 Å². The molecule has 2 atom stereocenters. The first-order chi connectivity index (χ1) is 13.6. The Morgan fingerprint density at radius 2 is 1.57 bits per heavy atom. The predicted molar refractivity (Wildman–Crippen MR) is 113 cm³/mol. The predicted octanol–water partition coefficient (Wildman–Crippen LogP) is 4.75. The van der Waals surface area contributed by atoms with Crippen LogP contribution in [-0.2, 0) is 4.79 Å². The molecule has 1 aliphatic heterocycles. The van der Waals surface area contributed by atoms with E-state index in [1.807, 2.05) is 66.7 Å². The van der Waals surface area contributed by atoms with Gasteiger partial charge in [0.2, 0.25) is 5.91 Å². The number of benzene rings is 3. The van der Waals surface area contributed by atoms with Crippen molar-refractivity contribution in [1.29, 1.82) is 0 Å². The van der Waals surface area contributed by atoms with Gasteiger partial charge < -0.3 is 15.1 Å². The maximum atomic E-state index is 12.1. The van der Waals surface area contributed by atoms with Crippen molar-refractivity contribution in [3.8, 4) is 0 Å². The van der Waals surface area contributed by atoms with Gasteiger partial charge in [0.25, 0.3) is 0 Å². The Kier molecular flexibility index (Phi) is 5.02. The van der Waals surface area contributed by atoms with Gasteiger partial charge >= 0.3 is 0 Å². The first-order valence-corrected chi connectivity index (χ1v) is 9.56. The lowest BCUT2D eigenvalue weighted by molar-refractivity contribution is -0.120. The van der Waals surface area contributed by atoms with Crippen LogP contribution in [0, 0.1) is 0 Å². The summed E-state index contributed by atoms with van der Waals surface area (Å²) in [6.45, 7) is 0.943. The topological polar surface area (TPSA) is 59.5 Å². The largest absolute Gasteiger partial charge is 0.457 e. The highest BCUT2D eigenvalue weighted by molar-refractivity contribution is 5.84. The number of carbonyl (C=O) groups is 1. The second-order valence-electron chi connectivity index (χ2n) is 7.24. The SMILES string of the molecule is CN1CCC(C(C(N)=O)c2ccccc2)c2ccccc21.c1cc2ccc1o2. The van der Waals surface area contributed by atoms with Crippen LogP contribution in [0.25, 0.3) is 11.2 Å². The van der Waals surface area contributed by atoms with Crippen LogP contribution >= 0.6 is 0 Å². The third-order valence-electron chi connectivity index (χ3n) is 5.45. The van der Waals surface area contributed by atoms with Crippen molar-refractivity contribution in [3.63, 3.8) is 0 Å². The average molecular weight is 372 g/mol. The summed E-state index contributed by atoms with van der Waals surface area (Å²) in [6.07, 6.45) is 0.940. The molecule has 4 nitrogen and oxygen atoms in total. The van der Waals surface area contributed by atoms with Gasteiger partial charge in [-0.3, -0.25) is 4.79 Å². The molecular formula is C24H24N2O2. The van der Waals surface area contributed by atoms with Crippen molar-refractivity contribution in [2.24, 2.45) is 5.73 Å². The number of fused-ring (bicyclic) bond motifs is 3. The molecule has 28 heavy (non-hydrogen) atoms. The third kappa shape index (κ3) is 3.58. The summed E-state index contributed by atoms with van der Waals surface area (Å²) in [6, 6.07) is 26.0. The molecule has 5 rings (SSSR count). The number of nitrogens with zero attached hydrogens (tertiary/aromatic N) is 1. The van der Waals surface area contributed by atoms with E-state index in [0.717, 1.165) is 29.7 Å². The number of anilines is 1. The standard InChI is InChI=1S/C18H20N2O.C6H4O/c1-20-12-11-15(14-9-5-6-10-16(14)20)17(18(19)21)13-7-3-2-4-8-13;1-2-6-4-3-5(1)7-6/h2-10,15,17H,11-12H2,1H3,(H2,19,21);1-4H. The van der Waals surface area contributed by atoms with E-state index in [2.05, 4.69) is 24.1 Å². The fourth-order valence-corrected chi connectivity index (χ4v) is 4.07. The zero-order chi connectivity index (χ0) is 19.5. The van der Waals surface area contributed by atoms with E-state index in [1.165, 1.54) is 11.3 Å². The molecular weight excluding hydrogens is 348 g/mol. The second-order valence-corrected chi connectivity index (χ2v) is 7.24. The van der Waals surface area contributed by atoms with Crippen molar-refractivity contribution < 1.29 is 9.21 Å². The van der Waals surface area contributed by atoms with Crippen LogP contribution in [0.15, 0.2) is 83.3 Å². The maximum absolute atomic E-state index is 12.1. The van der Waals surface area contributed by atoms with Crippen molar-refractivity contribution in [2.75, 3.05) is 18.5 Å². The molecule has 4 heteroatoms. The average Bonchev–Trinajstić information content (AvgIpc) is 3.37. The first-order valence-electron chi connectivity index (χ1n) is 9.56. The van der Waals surface area contributed by atoms with Gasteiger partial charge in [-0.05, 0) is 47.9 Å². The summed E-state index contributed by atoms with van der Waals surface area (Å²) in [7, 11) is 2.09. The van der Waals surface area contributed by atoms with Crippen LogP contribution < -0.4 is 10.6 Å². The molecule has 142 valence electrons. The summed E-state index contributed by atoms with van der Waals surface area (Å²) in [5, 5.41) is 0. The van der Waals surface area contributed by atoms with Crippen LogP contribution in [0.1, 0.15) is 29.4 Å². The Balaban J connectivity index is 0.000000227.